The van der Waals surface area contributed by atoms with E-state index < -0.39 is 25.0 Å². The van der Waals surface area contributed by atoms with E-state index in [1.165, 1.54) is 0 Å². The van der Waals surface area contributed by atoms with E-state index in [1.807, 2.05) is 0 Å². The number of rotatable bonds is 6. The van der Waals surface area contributed by atoms with Crippen LogP contribution in [0.5, 0.6) is 0 Å². The fourth-order valence-corrected chi connectivity index (χ4v) is 1.62. The quantitative estimate of drug-likeness (QED) is 0.670. The fraction of sp³-hybridized carbons (Fsp3) is 0.700. The fourth-order valence-electron chi connectivity index (χ4n) is 1.62. The highest BCUT2D eigenvalue weighted by molar-refractivity contribution is 5.86. The summed E-state index contributed by atoms with van der Waals surface area (Å²) in [7, 11) is 0. The number of amides is 1. The van der Waals surface area contributed by atoms with Crippen LogP contribution in [0, 0.1) is 11.8 Å². The minimum Gasteiger partial charge on any atom is -0.480 e. The molecule has 1 saturated carbocycles. The number of carbonyl (C=O) groups excluding carboxylic acids is 1. The molecule has 0 aromatic carbocycles. The third kappa shape index (κ3) is 3.52. The Morgan fingerprint density at radius 2 is 1.62 bits per heavy atom. The summed E-state index contributed by atoms with van der Waals surface area (Å²) in [5.74, 6) is -2.77. The van der Waals surface area contributed by atoms with Crippen LogP contribution < -0.4 is 0 Å². The molecule has 1 aliphatic carbocycles. The van der Waals surface area contributed by atoms with E-state index in [1.54, 1.807) is 6.92 Å². The SMILES string of the molecule is CC(C(=O)N(CC(=O)O)CC(=O)O)C1CC1. The molecule has 1 aliphatic rings. The predicted molar refractivity (Wildman–Crippen MR) is 53.7 cm³/mol. The van der Waals surface area contributed by atoms with Crippen molar-refractivity contribution in [2.24, 2.45) is 11.8 Å². The van der Waals surface area contributed by atoms with E-state index in [0.29, 0.717) is 0 Å². The van der Waals surface area contributed by atoms with E-state index in [-0.39, 0.29) is 17.7 Å². The summed E-state index contributed by atoms with van der Waals surface area (Å²) in [6.45, 7) is 0.612. The van der Waals surface area contributed by atoms with Crippen LogP contribution in [-0.2, 0) is 14.4 Å². The lowest BCUT2D eigenvalue weighted by atomic mass is 10.0. The maximum absolute atomic E-state index is 11.8. The van der Waals surface area contributed by atoms with Crippen LogP contribution >= 0.6 is 0 Å². The molecule has 1 rings (SSSR count). The summed E-state index contributed by atoms with van der Waals surface area (Å²) >= 11 is 0. The molecule has 1 atom stereocenters. The van der Waals surface area contributed by atoms with Crippen molar-refractivity contribution in [2.75, 3.05) is 13.1 Å². The molecule has 0 saturated heterocycles. The Morgan fingerprint density at radius 1 is 1.19 bits per heavy atom. The van der Waals surface area contributed by atoms with Gasteiger partial charge < -0.3 is 15.1 Å². The van der Waals surface area contributed by atoms with Crippen LogP contribution in [0.3, 0.4) is 0 Å². The second-order valence-electron chi connectivity index (χ2n) is 4.11. The van der Waals surface area contributed by atoms with Gasteiger partial charge in [0.05, 0.1) is 0 Å². The van der Waals surface area contributed by atoms with Crippen molar-refractivity contribution >= 4 is 17.8 Å². The summed E-state index contributed by atoms with van der Waals surface area (Å²) < 4.78 is 0. The van der Waals surface area contributed by atoms with Crippen molar-refractivity contribution < 1.29 is 24.6 Å². The number of aliphatic carboxylic acids is 2. The Hall–Kier alpha value is -1.59. The first-order valence-electron chi connectivity index (χ1n) is 5.14. The minimum absolute atomic E-state index is 0.279. The molecule has 1 fully saturated rings. The van der Waals surface area contributed by atoms with Crippen LogP contribution in [0.2, 0.25) is 0 Å². The first kappa shape index (κ1) is 12.5. The van der Waals surface area contributed by atoms with Gasteiger partial charge in [-0.3, -0.25) is 14.4 Å². The lowest BCUT2D eigenvalue weighted by Gasteiger charge is -2.22. The topological polar surface area (TPSA) is 94.9 Å². The molecule has 0 radical (unpaired) electrons. The number of nitrogens with zero attached hydrogens (tertiary/aromatic N) is 1. The van der Waals surface area contributed by atoms with Gasteiger partial charge in [0, 0.05) is 5.92 Å². The third-order valence-corrected chi connectivity index (χ3v) is 2.68. The lowest BCUT2D eigenvalue weighted by Crippen LogP contribution is -2.42. The average molecular weight is 229 g/mol. The Kier molecular flexibility index (Phi) is 3.87. The summed E-state index contributed by atoms with van der Waals surface area (Å²) in [5.41, 5.74) is 0. The Morgan fingerprint density at radius 3 is 1.94 bits per heavy atom. The smallest absolute Gasteiger partial charge is 0.323 e. The van der Waals surface area contributed by atoms with Crippen LogP contribution in [0.4, 0.5) is 0 Å². The molecular weight excluding hydrogens is 214 g/mol. The van der Waals surface area contributed by atoms with Crippen LogP contribution in [0.15, 0.2) is 0 Å². The van der Waals surface area contributed by atoms with Crippen molar-refractivity contribution in [3.8, 4) is 0 Å². The molecule has 90 valence electrons. The molecule has 0 heterocycles. The Labute approximate surface area is 92.9 Å². The standard InChI is InChI=1S/C10H15NO5/c1-6(7-2-3-7)10(16)11(4-8(12)13)5-9(14)15/h6-7H,2-5H2,1H3,(H,12,13)(H,14,15). The first-order valence-corrected chi connectivity index (χ1v) is 5.14. The molecule has 6 heteroatoms. The first-order chi connectivity index (χ1) is 7.41. The van der Waals surface area contributed by atoms with Gasteiger partial charge in [0.1, 0.15) is 13.1 Å². The maximum Gasteiger partial charge on any atom is 0.323 e. The highest BCUT2D eigenvalue weighted by atomic mass is 16.4. The molecule has 0 aromatic rings. The van der Waals surface area contributed by atoms with E-state index in [0.717, 1.165) is 17.7 Å². The highest BCUT2D eigenvalue weighted by Gasteiger charge is 2.35. The zero-order valence-corrected chi connectivity index (χ0v) is 9.05. The van der Waals surface area contributed by atoms with Gasteiger partial charge >= 0.3 is 11.9 Å². The molecule has 0 aromatic heterocycles. The predicted octanol–water partition coefficient (Wildman–Crippen LogP) is 0.0303. The van der Waals surface area contributed by atoms with Gasteiger partial charge in [0.2, 0.25) is 5.91 Å². The molecule has 1 amide bonds. The van der Waals surface area contributed by atoms with E-state index >= 15 is 0 Å². The van der Waals surface area contributed by atoms with Gasteiger partial charge in [0.25, 0.3) is 0 Å². The van der Waals surface area contributed by atoms with E-state index in [2.05, 4.69) is 0 Å². The molecule has 16 heavy (non-hydrogen) atoms. The zero-order chi connectivity index (χ0) is 12.3. The molecule has 2 N–H and O–H groups in total. The van der Waals surface area contributed by atoms with Crippen molar-refractivity contribution in [1.29, 1.82) is 0 Å². The number of hydrogen-bond donors (Lipinski definition) is 2. The van der Waals surface area contributed by atoms with Gasteiger partial charge in [0.15, 0.2) is 0 Å². The van der Waals surface area contributed by atoms with Crippen molar-refractivity contribution in [3.63, 3.8) is 0 Å². The van der Waals surface area contributed by atoms with Crippen LogP contribution in [0.1, 0.15) is 19.8 Å². The van der Waals surface area contributed by atoms with Crippen LogP contribution in [0.25, 0.3) is 0 Å². The monoisotopic (exact) mass is 229 g/mol. The highest BCUT2D eigenvalue weighted by Crippen LogP contribution is 2.37. The number of hydrogen-bond acceptors (Lipinski definition) is 3. The number of carboxylic acids is 2. The Balaban J connectivity index is 2.61. The van der Waals surface area contributed by atoms with E-state index in [9.17, 15) is 14.4 Å². The number of carbonyl (C=O) groups is 3. The summed E-state index contributed by atoms with van der Waals surface area (Å²) in [6.07, 6.45) is 1.92. The van der Waals surface area contributed by atoms with Crippen molar-refractivity contribution in [2.45, 2.75) is 19.8 Å². The van der Waals surface area contributed by atoms with Gasteiger partial charge in [-0.25, -0.2) is 0 Å². The van der Waals surface area contributed by atoms with Crippen molar-refractivity contribution in [3.05, 3.63) is 0 Å². The second-order valence-corrected chi connectivity index (χ2v) is 4.11. The maximum atomic E-state index is 11.8. The molecule has 0 spiro atoms. The van der Waals surface area contributed by atoms with Gasteiger partial charge in [-0.1, -0.05) is 6.92 Å². The largest absolute Gasteiger partial charge is 0.480 e. The van der Waals surface area contributed by atoms with Gasteiger partial charge in [-0.2, -0.15) is 0 Å². The van der Waals surface area contributed by atoms with Gasteiger partial charge in [-0.05, 0) is 18.8 Å². The molecular formula is C10H15NO5. The van der Waals surface area contributed by atoms with E-state index in [4.69, 9.17) is 10.2 Å². The molecule has 0 bridgehead atoms. The third-order valence-electron chi connectivity index (χ3n) is 2.68. The average Bonchev–Trinajstić information content (AvgIpc) is 2.96. The van der Waals surface area contributed by atoms with Crippen LogP contribution in [-0.4, -0.2) is 46.0 Å². The van der Waals surface area contributed by atoms with Crippen molar-refractivity contribution in [1.82, 2.24) is 4.90 Å². The Bertz CT molecular complexity index is 294. The van der Waals surface area contributed by atoms with Gasteiger partial charge in [-0.15, -0.1) is 0 Å². The zero-order valence-electron chi connectivity index (χ0n) is 9.05. The lowest BCUT2D eigenvalue weighted by molar-refractivity contribution is -0.151. The molecule has 6 nitrogen and oxygen atoms in total. The summed E-state index contributed by atoms with van der Waals surface area (Å²) in [4.78, 5) is 33.7. The number of carboxylic acid groups (broad SMARTS) is 2. The summed E-state index contributed by atoms with van der Waals surface area (Å²) in [5, 5.41) is 17.2. The summed E-state index contributed by atoms with van der Waals surface area (Å²) in [6, 6.07) is 0. The second kappa shape index (κ2) is 4.96. The molecule has 0 aliphatic heterocycles. The molecule has 1 unspecified atom stereocenters. The normalized spacial score (nSPS) is 16.6. The minimum atomic E-state index is -1.20.